The molecule has 1 N–H and O–H groups in total. The van der Waals surface area contributed by atoms with Gasteiger partial charge >= 0.3 is 5.69 Å². The van der Waals surface area contributed by atoms with E-state index in [-0.39, 0.29) is 19.0 Å². The molecule has 1 amide bonds. The average molecular weight is 530 g/mol. The number of aromatic nitrogens is 2. The Morgan fingerprint density at radius 3 is 2.21 bits per heavy atom. The van der Waals surface area contributed by atoms with Crippen LogP contribution in [0.4, 0.5) is 0 Å². The Morgan fingerprint density at radius 1 is 0.897 bits per heavy atom. The molecule has 0 spiro atoms. The van der Waals surface area contributed by atoms with Crippen molar-refractivity contribution in [2.45, 2.75) is 40.3 Å². The Kier molecular flexibility index (Phi) is 8.54. The highest BCUT2D eigenvalue weighted by molar-refractivity contribution is 5.94. The molecule has 0 bridgehead atoms. The number of hydrogen-bond donors (Lipinski definition) is 1. The quantitative estimate of drug-likeness (QED) is 0.330. The minimum absolute atomic E-state index is 0.0605. The molecule has 0 radical (unpaired) electrons. The van der Waals surface area contributed by atoms with Gasteiger partial charge in [0.05, 0.1) is 38.2 Å². The molecule has 8 heteroatoms. The first-order valence-electron chi connectivity index (χ1n) is 13.0. The third-order valence-corrected chi connectivity index (χ3v) is 6.88. The number of methoxy groups -OCH3 is 2. The SMILES string of the molecule is COc1cc2c(=O)n(Cc3ccc(C(=O)NCCC(C)C)cc3)c(=O)n(Cc3ccccc3C)c2cc1OC. The second-order valence-corrected chi connectivity index (χ2v) is 10.0. The molecule has 0 saturated heterocycles. The van der Waals surface area contributed by atoms with E-state index in [1.807, 2.05) is 31.2 Å². The smallest absolute Gasteiger partial charge is 0.332 e. The fraction of sp³-hybridized carbons (Fsp3) is 0.323. The van der Waals surface area contributed by atoms with Crippen LogP contribution in [0.25, 0.3) is 10.9 Å². The summed E-state index contributed by atoms with van der Waals surface area (Å²) in [6.45, 7) is 7.16. The van der Waals surface area contributed by atoms with E-state index in [1.54, 1.807) is 41.0 Å². The van der Waals surface area contributed by atoms with Crippen molar-refractivity contribution >= 4 is 16.8 Å². The topological polar surface area (TPSA) is 91.6 Å². The van der Waals surface area contributed by atoms with E-state index in [0.29, 0.717) is 40.4 Å². The Bertz CT molecular complexity index is 1600. The summed E-state index contributed by atoms with van der Waals surface area (Å²) in [5.41, 5.74) is 2.88. The number of carbonyl (C=O) groups excluding carboxylic acids is 1. The summed E-state index contributed by atoms with van der Waals surface area (Å²) in [7, 11) is 3.02. The molecule has 4 rings (SSSR count). The predicted octanol–water partition coefficient (Wildman–Crippen LogP) is 4.36. The van der Waals surface area contributed by atoms with Crippen LogP contribution in [0.1, 0.15) is 47.3 Å². The number of rotatable bonds is 10. The molecule has 0 atom stereocenters. The lowest BCUT2D eigenvalue weighted by Gasteiger charge is -2.17. The fourth-order valence-corrected chi connectivity index (χ4v) is 4.51. The molecule has 4 aromatic rings. The van der Waals surface area contributed by atoms with Gasteiger partial charge in [0.25, 0.3) is 11.5 Å². The standard InChI is InChI=1S/C31H35N3O5/c1-20(2)14-15-32-29(35)23-12-10-22(11-13-23)18-34-30(36)25-16-27(38-4)28(39-5)17-26(25)33(31(34)37)19-24-9-7-6-8-21(24)3/h6-13,16-17,20H,14-15,18-19H2,1-5H3,(H,32,35). The summed E-state index contributed by atoms with van der Waals surface area (Å²) < 4.78 is 13.7. The van der Waals surface area contributed by atoms with Crippen molar-refractivity contribution in [3.63, 3.8) is 0 Å². The fourth-order valence-electron chi connectivity index (χ4n) is 4.51. The van der Waals surface area contributed by atoms with Crippen molar-refractivity contribution in [2.75, 3.05) is 20.8 Å². The second kappa shape index (κ2) is 12.0. The number of aryl methyl sites for hydroxylation is 1. The van der Waals surface area contributed by atoms with Crippen molar-refractivity contribution in [1.29, 1.82) is 0 Å². The molecule has 0 aliphatic carbocycles. The van der Waals surface area contributed by atoms with Crippen molar-refractivity contribution in [3.8, 4) is 11.5 Å². The Balaban J connectivity index is 1.76. The van der Waals surface area contributed by atoms with Gasteiger partial charge in [-0.15, -0.1) is 0 Å². The van der Waals surface area contributed by atoms with Crippen LogP contribution in [0.5, 0.6) is 11.5 Å². The lowest BCUT2D eigenvalue weighted by molar-refractivity contribution is 0.0952. The number of benzene rings is 3. The summed E-state index contributed by atoms with van der Waals surface area (Å²) in [6, 6.07) is 18.1. The van der Waals surface area contributed by atoms with Gasteiger partial charge in [-0.3, -0.25) is 18.7 Å². The minimum Gasteiger partial charge on any atom is -0.493 e. The molecule has 0 aliphatic heterocycles. The van der Waals surface area contributed by atoms with Crippen LogP contribution in [-0.2, 0) is 13.1 Å². The van der Waals surface area contributed by atoms with Crippen molar-refractivity contribution in [1.82, 2.24) is 14.5 Å². The third kappa shape index (κ3) is 6.06. The molecule has 0 aliphatic rings. The molecular formula is C31H35N3O5. The lowest BCUT2D eigenvalue weighted by atomic mass is 10.1. The van der Waals surface area contributed by atoms with E-state index in [9.17, 15) is 14.4 Å². The molecule has 1 heterocycles. The van der Waals surface area contributed by atoms with E-state index >= 15 is 0 Å². The van der Waals surface area contributed by atoms with Crippen LogP contribution in [0, 0.1) is 12.8 Å². The van der Waals surface area contributed by atoms with Gasteiger partial charge in [0.2, 0.25) is 0 Å². The molecule has 8 nitrogen and oxygen atoms in total. The van der Waals surface area contributed by atoms with Gasteiger partial charge in [-0.05, 0) is 54.2 Å². The van der Waals surface area contributed by atoms with Crippen LogP contribution < -0.4 is 26.0 Å². The average Bonchev–Trinajstić information content (AvgIpc) is 2.93. The molecule has 0 fully saturated rings. The van der Waals surface area contributed by atoms with Crippen LogP contribution in [0.2, 0.25) is 0 Å². The highest BCUT2D eigenvalue weighted by Crippen LogP contribution is 2.30. The van der Waals surface area contributed by atoms with Gasteiger partial charge < -0.3 is 14.8 Å². The van der Waals surface area contributed by atoms with Crippen molar-refractivity contribution in [2.24, 2.45) is 5.92 Å². The Labute approximate surface area is 227 Å². The number of nitrogens with zero attached hydrogens (tertiary/aromatic N) is 2. The number of nitrogens with one attached hydrogen (secondary N) is 1. The third-order valence-electron chi connectivity index (χ3n) is 6.88. The highest BCUT2D eigenvalue weighted by atomic mass is 16.5. The van der Waals surface area contributed by atoms with E-state index < -0.39 is 11.2 Å². The zero-order chi connectivity index (χ0) is 28.1. The maximum Gasteiger partial charge on any atom is 0.332 e. The van der Waals surface area contributed by atoms with Crippen LogP contribution in [0.15, 0.2) is 70.3 Å². The normalized spacial score (nSPS) is 11.1. The van der Waals surface area contributed by atoms with Crippen LogP contribution >= 0.6 is 0 Å². The molecule has 204 valence electrons. The number of ether oxygens (including phenoxy) is 2. The minimum atomic E-state index is -0.432. The number of fused-ring (bicyclic) bond motifs is 1. The first kappa shape index (κ1) is 27.7. The predicted molar refractivity (Wildman–Crippen MR) is 153 cm³/mol. The first-order chi connectivity index (χ1) is 18.7. The van der Waals surface area contributed by atoms with E-state index in [0.717, 1.165) is 23.1 Å². The van der Waals surface area contributed by atoms with Crippen molar-refractivity contribution < 1.29 is 14.3 Å². The molecular weight excluding hydrogens is 494 g/mol. The number of amides is 1. The summed E-state index contributed by atoms with van der Waals surface area (Å²) >= 11 is 0. The zero-order valence-corrected chi connectivity index (χ0v) is 23.1. The van der Waals surface area contributed by atoms with Gasteiger partial charge in [0, 0.05) is 18.2 Å². The summed E-state index contributed by atoms with van der Waals surface area (Å²) in [6.07, 6.45) is 0.903. The maximum absolute atomic E-state index is 13.8. The Hall–Kier alpha value is -4.33. The monoisotopic (exact) mass is 529 g/mol. The highest BCUT2D eigenvalue weighted by Gasteiger charge is 2.18. The molecule has 3 aromatic carbocycles. The van der Waals surface area contributed by atoms with Gasteiger partial charge in [0.15, 0.2) is 11.5 Å². The number of hydrogen-bond acceptors (Lipinski definition) is 5. The summed E-state index contributed by atoms with van der Waals surface area (Å²) in [5, 5.41) is 3.27. The second-order valence-electron chi connectivity index (χ2n) is 10.0. The zero-order valence-electron chi connectivity index (χ0n) is 23.1. The molecule has 1 aromatic heterocycles. The van der Waals surface area contributed by atoms with E-state index in [2.05, 4.69) is 19.2 Å². The van der Waals surface area contributed by atoms with Gasteiger partial charge in [0.1, 0.15) is 0 Å². The van der Waals surface area contributed by atoms with Crippen molar-refractivity contribution in [3.05, 3.63) is 104 Å². The van der Waals surface area contributed by atoms with Crippen LogP contribution in [-0.4, -0.2) is 35.8 Å². The van der Waals surface area contributed by atoms with E-state index in [1.165, 1.54) is 18.8 Å². The number of carbonyl (C=O) groups is 1. The molecule has 0 unspecified atom stereocenters. The lowest BCUT2D eigenvalue weighted by Crippen LogP contribution is -2.40. The first-order valence-corrected chi connectivity index (χ1v) is 13.0. The van der Waals surface area contributed by atoms with E-state index in [4.69, 9.17) is 9.47 Å². The van der Waals surface area contributed by atoms with Gasteiger partial charge in [-0.25, -0.2) is 4.79 Å². The maximum atomic E-state index is 13.8. The molecule has 39 heavy (non-hydrogen) atoms. The largest absolute Gasteiger partial charge is 0.493 e. The van der Waals surface area contributed by atoms with Gasteiger partial charge in [-0.1, -0.05) is 50.2 Å². The summed E-state index contributed by atoms with van der Waals surface area (Å²) in [4.78, 5) is 39.9. The van der Waals surface area contributed by atoms with Crippen LogP contribution in [0.3, 0.4) is 0 Å². The van der Waals surface area contributed by atoms with Gasteiger partial charge in [-0.2, -0.15) is 0 Å². The Morgan fingerprint density at radius 2 is 1.56 bits per heavy atom. The molecule has 0 saturated carbocycles. The summed E-state index contributed by atoms with van der Waals surface area (Å²) in [5.74, 6) is 1.19.